The molecule has 36 heavy (non-hydrogen) atoms. The van der Waals surface area contributed by atoms with Crippen molar-refractivity contribution >= 4 is 5.97 Å². The van der Waals surface area contributed by atoms with Crippen LogP contribution in [0.25, 0.3) is 34.0 Å². The quantitative estimate of drug-likeness (QED) is 0.318. The zero-order chi connectivity index (χ0) is 25.7. The van der Waals surface area contributed by atoms with Gasteiger partial charge in [-0.3, -0.25) is 9.69 Å². The first kappa shape index (κ1) is 25.2. The largest absolute Gasteiger partial charge is 0.480 e. The van der Waals surface area contributed by atoms with Crippen LogP contribution in [0, 0.1) is 5.82 Å². The third kappa shape index (κ3) is 5.67. The van der Waals surface area contributed by atoms with Crippen molar-refractivity contribution in [2.45, 2.75) is 26.5 Å². The van der Waals surface area contributed by atoms with Crippen molar-refractivity contribution in [3.63, 3.8) is 0 Å². The molecule has 0 amide bonds. The second-order valence-electron chi connectivity index (χ2n) is 8.61. The highest BCUT2D eigenvalue weighted by Crippen LogP contribution is 2.32. The molecule has 0 spiro atoms. The summed E-state index contributed by atoms with van der Waals surface area (Å²) in [6.45, 7) is 2.50. The number of ether oxygens (including phenoxy) is 1. The van der Waals surface area contributed by atoms with Gasteiger partial charge in [-0.1, -0.05) is 42.4 Å². The number of halogens is 1. The molecule has 0 saturated carbocycles. The zero-order valence-corrected chi connectivity index (χ0v) is 20.5. The Balaban J connectivity index is 1.64. The molecule has 0 aliphatic rings. The van der Waals surface area contributed by atoms with E-state index in [1.807, 2.05) is 30.3 Å². The predicted molar refractivity (Wildman–Crippen MR) is 135 cm³/mol. The minimum Gasteiger partial charge on any atom is -0.480 e. The van der Waals surface area contributed by atoms with Crippen LogP contribution in [0.1, 0.15) is 23.6 Å². The fraction of sp³-hybridized carbons (Fsp3) is 0.250. The molecule has 0 atom stereocenters. The summed E-state index contributed by atoms with van der Waals surface area (Å²) >= 11 is 0. The number of nitrogens with zero attached hydrogens (tertiary/aromatic N) is 3. The molecule has 0 radical (unpaired) electrons. The third-order valence-corrected chi connectivity index (χ3v) is 5.92. The van der Waals surface area contributed by atoms with Crippen LogP contribution in [0.3, 0.4) is 0 Å². The minimum atomic E-state index is -0.978. The number of benzene rings is 3. The molecule has 0 aliphatic carbocycles. The fourth-order valence-corrected chi connectivity index (χ4v) is 4.23. The Morgan fingerprint density at radius 1 is 1.03 bits per heavy atom. The van der Waals surface area contributed by atoms with Gasteiger partial charge in [0.1, 0.15) is 5.82 Å². The van der Waals surface area contributed by atoms with Crippen molar-refractivity contribution < 1.29 is 23.6 Å². The lowest BCUT2D eigenvalue weighted by Gasteiger charge is -2.14. The Labute approximate surface area is 209 Å². The highest BCUT2D eigenvalue weighted by atomic mass is 19.1. The van der Waals surface area contributed by atoms with E-state index in [2.05, 4.69) is 29.2 Å². The number of aromatic nitrogens is 2. The van der Waals surface area contributed by atoms with Gasteiger partial charge in [-0.25, -0.2) is 4.39 Å². The van der Waals surface area contributed by atoms with Gasteiger partial charge in [-0.05, 0) is 66.1 Å². The van der Waals surface area contributed by atoms with Crippen molar-refractivity contribution in [2.24, 2.45) is 0 Å². The van der Waals surface area contributed by atoms with Gasteiger partial charge in [0.15, 0.2) is 0 Å². The van der Waals surface area contributed by atoms with Crippen molar-refractivity contribution in [2.75, 3.05) is 20.7 Å². The molecule has 0 fully saturated rings. The molecule has 3 aromatic carbocycles. The number of likely N-dealkylation sites (N-methyl/N-ethyl adjacent to an activating group) is 1. The highest BCUT2D eigenvalue weighted by Gasteiger charge is 2.17. The number of methoxy groups -OCH3 is 1. The van der Waals surface area contributed by atoms with Gasteiger partial charge >= 0.3 is 5.97 Å². The van der Waals surface area contributed by atoms with Gasteiger partial charge in [0, 0.05) is 30.3 Å². The molecule has 1 aromatic heterocycles. The number of hydrogen-bond acceptors (Lipinski definition) is 6. The molecule has 186 valence electrons. The number of hydrogen-bond donors (Lipinski definition) is 1. The van der Waals surface area contributed by atoms with Gasteiger partial charge in [0.25, 0.3) is 5.89 Å². The van der Waals surface area contributed by atoms with Gasteiger partial charge in [0.2, 0.25) is 5.82 Å². The number of carbonyl (C=O) groups is 1. The Morgan fingerprint density at radius 2 is 1.75 bits per heavy atom. The Hall–Kier alpha value is -3.88. The molecule has 8 heteroatoms. The number of carboxylic acids is 1. The summed E-state index contributed by atoms with van der Waals surface area (Å²) in [4.78, 5) is 17.0. The predicted octanol–water partition coefficient (Wildman–Crippen LogP) is 5.43. The van der Waals surface area contributed by atoms with Gasteiger partial charge in [-0.15, -0.1) is 0 Å². The molecule has 7 nitrogen and oxygen atoms in total. The summed E-state index contributed by atoms with van der Waals surface area (Å²) in [6, 6.07) is 18.8. The van der Waals surface area contributed by atoms with E-state index in [4.69, 9.17) is 14.4 Å². The summed E-state index contributed by atoms with van der Waals surface area (Å²) in [6.07, 6.45) is 0.920. The molecular formula is C28H28FN3O4. The molecular weight excluding hydrogens is 461 g/mol. The van der Waals surface area contributed by atoms with Crippen LogP contribution in [0.5, 0.6) is 0 Å². The number of carboxylic acid groups (broad SMARTS) is 1. The molecule has 4 rings (SSSR count). The van der Waals surface area contributed by atoms with E-state index in [-0.39, 0.29) is 13.1 Å². The van der Waals surface area contributed by atoms with Gasteiger partial charge < -0.3 is 14.4 Å². The smallest absolute Gasteiger partial charge is 0.317 e. The van der Waals surface area contributed by atoms with E-state index >= 15 is 0 Å². The van der Waals surface area contributed by atoms with Crippen LogP contribution in [-0.4, -0.2) is 46.8 Å². The minimum absolute atomic E-state index is 0.137. The summed E-state index contributed by atoms with van der Waals surface area (Å²) in [5, 5.41) is 13.1. The van der Waals surface area contributed by atoms with Crippen LogP contribution in [0.15, 0.2) is 65.2 Å². The topological polar surface area (TPSA) is 88.7 Å². The SMILES string of the molecule is CCc1ccccc1-c1ccc(-c2nc(-c3ccc(F)c(CN(C)CC(=O)O)c3)no2)cc1COC. The molecule has 0 aliphatic heterocycles. The molecule has 1 heterocycles. The van der Waals surface area contributed by atoms with Gasteiger partial charge in [-0.2, -0.15) is 4.98 Å². The first-order valence-electron chi connectivity index (χ1n) is 11.6. The first-order valence-corrected chi connectivity index (χ1v) is 11.6. The van der Waals surface area contributed by atoms with Gasteiger partial charge in [0.05, 0.1) is 13.2 Å². The molecule has 4 aromatic rings. The third-order valence-electron chi connectivity index (χ3n) is 5.92. The molecule has 0 saturated heterocycles. The second-order valence-corrected chi connectivity index (χ2v) is 8.61. The number of aliphatic carboxylic acids is 1. The first-order chi connectivity index (χ1) is 17.4. The normalized spacial score (nSPS) is 11.2. The van der Waals surface area contributed by atoms with Crippen molar-refractivity contribution in [1.29, 1.82) is 0 Å². The zero-order valence-electron chi connectivity index (χ0n) is 20.5. The van der Waals surface area contributed by atoms with Crippen LogP contribution in [-0.2, 0) is 29.1 Å². The Morgan fingerprint density at radius 3 is 2.50 bits per heavy atom. The van der Waals surface area contributed by atoms with E-state index in [9.17, 15) is 9.18 Å². The lowest BCUT2D eigenvalue weighted by atomic mass is 9.93. The molecule has 0 unspecified atom stereocenters. The summed E-state index contributed by atoms with van der Waals surface area (Å²) < 4.78 is 25.4. The van der Waals surface area contributed by atoms with Crippen molar-refractivity contribution in [3.8, 4) is 34.0 Å². The van der Waals surface area contributed by atoms with Crippen molar-refractivity contribution in [3.05, 3.63) is 83.2 Å². The standard InChI is InChI=1S/C28H28FN3O4/c1-4-18-7-5-6-8-23(18)24-11-9-20(14-22(24)17-35-3)28-30-27(31-36-28)19-10-12-25(29)21(13-19)15-32(2)16-26(33)34/h5-14H,4,15-17H2,1-3H3,(H,33,34). The number of rotatable bonds is 10. The van der Waals surface area contributed by atoms with Crippen molar-refractivity contribution in [1.82, 2.24) is 15.0 Å². The molecule has 1 N–H and O–H groups in total. The maximum Gasteiger partial charge on any atom is 0.317 e. The Kier molecular flexibility index (Phi) is 7.87. The van der Waals surface area contributed by atoms with E-state index in [1.54, 1.807) is 26.3 Å². The lowest BCUT2D eigenvalue weighted by molar-refractivity contribution is -0.138. The van der Waals surface area contributed by atoms with Crippen LogP contribution >= 0.6 is 0 Å². The summed E-state index contributed by atoms with van der Waals surface area (Å²) in [5.41, 5.74) is 6.19. The maximum atomic E-state index is 14.4. The second kappa shape index (κ2) is 11.2. The summed E-state index contributed by atoms with van der Waals surface area (Å²) in [7, 11) is 3.28. The van der Waals surface area contributed by atoms with E-state index in [1.165, 1.54) is 16.5 Å². The Bertz CT molecular complexity index is 1370. The lowest BCUT2D eigenvalue weighted by Crippen LogP contribution is -2.25. The van der Waals surface area contributed by atoms with E-state index in [0.29, 0.717) is 29.4 Å². The van der Waals surface area contributed by atoms with E-state index < -0.39 is 11.8 Å². The average Bonchev–Trinajstić information content (AvgIpc) is 3.35. The number of aryl methyl sites for hydroxylation is 1. The average molecular weight is 490 g/mol. The van der Waals surface area contributed by atoms with Crippen LogP contribution < -0.4 is 0 Å². The summed E-state index contributed by atoms with van der Waals surface area (Å²) in [5.74, 6) is -0.742. The maximum absolute atomic E-state index is 14.4. The van der Waals surface area contributed by atoms with Crippen LogP contribution in [0.2, 0.25) is 0 Å². The van der Waals surface area contributed by atoms with Crippen LogP contribution in [0.4, 0.5) is 4.39 Å². The monoisotopic (exact) mass is 489 g/mol. The van der Waals surface area contributed by atoms with E-state index in [0.717, 1.165) is 28.7 Å². The molecule has 0 bridgehead atoms. The fourth-order valence-electron chi connectivity index (χ4n) is 4.23. The highest BCUT2D eigenvalue weighted by molar-refractivity contribution is 5.74.